The smallest absolute Gasteiger partial charge is 0.408 e. The number of rotatable bonds is 6. The quantitative estimate of drug-likeness (QED) is 0.812. The van der Waals surface area contributed by atoms with Gasteiger partial charge in [0.25, 0.3) is 0 Å². The number of alkyl carbamates (subject to hydrolysis) is 1. The number of alkyl halides is 1. The second kappa shape index (κ2) is 8.03. The molecule has 0 fully saturated rings. The summed E-state index contributed by atoms with van der Waals surface area (Å²) in [5.41, 5.74) is 0.378. The molecule has 0 aliphatic heterocycles. The Labute approximate surface area is 130 Å². The van der Waals surface area contributed by atoms with Crippen LogP contribution in [0, 0.1) is 0 Å². The first-order chi connectivity index (χ1) is 9.81. The van der Waals surface area contributed by atoms with E-state index < -0.39 is 11.7 Å². The van der Waals surface area contributed by atoms with E-state index in [1.165, 1.54) is 0 Å². The molecule has 1 N–H and O–H groups in total. The number of ether oxygens (including phenoxy) is 1. The van der Waals surface area contributed by atoms with E-state index in [9.17, 15) is 9.59 Å². The predicted molar refractivity (Wildman–Crippen MR) is 83.5 cm³/mol. The molecular weight excluding hydrogens is 290 g/mol. The Morgan fingerprint density at radius 1 is 1.24 bits per heavy atom. The first-order valence-electron chi connectivity index (χ1n) is 6.94. The zero-order chi connectivity index (χ0) is 15.9. The molecule has 0 saturated carbocycles. The number of hydrogen-bond donors (Lipinski definition) is 1. The SMILES string of the molecule is CC(C)(C)OC(=O)NC(CCC(=O)CCl)c1ccccc1. The number of benzene rings is 1. The van der Waals surface area contributed by atoms with Gasteiger partial charge in [-0.25, -0.2) is 4.79 Å². The molecule has 0 saturated heterocycles. The number of halogens is 1. The van der Waals surface area contributed by atoms with Crippen LogP contribution < -0.4 is 5.32 Å². The molecular formula is C16H22ClNO3. The highest BCUT2D eigenvalue weighted by Gasteiger charge is 2.21. The lowest BCUT2D eigenvalue weighted by molar-refractivity contribution is -0.116. The van der Waals surface area contributed by atoms with E-state index in [0.29, 0.717) is 12.8 Å². The summed E-state index contributed by atoms with van der Waals surface area (Å²) in [5.74, 6) is -0.0444. The van der Waals surface area contributed by atoms with E-state index in [0.717, 1.165) is 5.56 Å². The lowest BCUT2D eigenvalue weighted by atomic mass is 10.0. The number of hydrogen-bond acceptors (Lipinski definition) is 3. The van der Waals surface area contributed by atoms with E-state index in [2.05, 4.69) is 5.32 Å². The normalized spacial score (nSPS) is 12.6. The van der Waals surface area contributed by atoms with Crippen LogP contribution in [0.15, 0.2) is 30.3 Å². The highest BCUT2D eigenvalue weighted by Crippen LogP contribution is 2.19. The van der Waals surface area contributed by atoms with Crippen molar-refractivity contribution in [3.63, 3.8) is 0 Å². The Morgan fingerprint density at radius 3 is 2.38 bits per heavy atom. The molecule has 4 nitrogen and oxygen atoms in total. The molecule has 5 heteroatoms. The van der Waals surface area contributed by atoms with Crippen LogP contribution in [0.4, 0.5) is 4.79 Å². The van der Waals surface area contributed by atoms with Crippen molar-refractivity contribution in [2.45, 2.75) is 45.3 Å². The summed E-state index contributed by atoms with van der Waals surface area (Å²) in [6, 6.07) is 9.23. The summed E-state index contributed by atoms with van der Waals surface area (Å²) in [5, 5.41) is 2.81. The van der Waals surface area contributed by atoms with Crippen molar-refractivity contribution in [2.75, 3.05) is 5.88 Å². The number of carbonyl (C=O) groups is 2. The Balaban J connectivity index is 2.73. The Hall–Kier alpha value is -1.55. The van der Waals surface area contributed by atoms with Gasteiger partial charge in [-0.2, -0.15) is 0 Å². The average Bonchev–Trinajstić information content (AvgIpc) is 2.42. The maximum Gasteiger partial charge on any atom is 0.408 e. The minimum Gasteiger partial charge on any atom is -0.444 e. The molecule has 0 aliphatic carbocycles. The zero-order valence-electron chi connectivity index (χ0n) is 12.7. The van der Waals surface area contributed by atoms with Crippen LogP contribution in [0.1, 0.15) is 45.2 Å². The molecule has 0 radical (unpaired) electrons. The standard InChI is InChI=1S/C16H22ClNO3/c1-16(2,3)21-15(20)18-14(10-9-13(19)11-17)12-7-5-4-6-8-12/h4-8,14H,9-11H2,1-3H3,(H,18,20). The van der Waals surface area contributed by atoms with Crippen LogP contribution >= 0.6 is 11.6 Å². The van der Waals surface area contributed by atoms with Crippen molar-refractivity contribution >= 4 is 23.5 Å². The maximum absolute atomic E-state index is 11.9. The van der Waals surface area contributed by atoms with Crippen molar-refractivity contribution < 1.29 is 14.3 Å². The van der Waals surface area contributed by atoms with Gasteiger partial charge in [-0.1, -0.05) is 30.3 Å². The van der Waals surface area contributed by atoms with Crippen molar-refractivity contribution in [1.82, 2.24) is 5.32 Å². The zero-order valence-corrected chi connectivity index (χ0v) is 13.4. The van der Waals surface area contributed by atoms with E-state index in [1.54, 1.807) is 20.8 Å². The minimum absolute atomic E-state index is 0.00600. The summed E-state index contributed by atoms with van der Waals surface area (Å²) in [7, 11) is 0. The Kier molecular flexibility index (Phi) is 6.69. The second-order valence-corrected chi connectivity index (χ2v) is 6.09. The fourth-order valence-electron chi connectivity index (χ4n) is 1.83. The van der Waals surface area contributed by atoms with Crippen molar-refractivity contribution in [3.05, 3.63) is 35.9 Å². The van der Waals surface area contributed by atoms with Crippen LogP contribution in [-0.4, -0.2) is 23.4 Å². The molecule has 0 heterocycles. The maximum atomic E-state index is 11.9. The van der Waals surface area contributed by atoms with Gasteiger partial charge in [0.15, 0.2) is 0 Å². The topological polar surface area (TPSA) is 55.4 Å². The molecule has 1 rings (SSSR count). The molecule has 1 aromatic carbocycles. The molecule has 116 valence electrons. The molecule has 1 aromatic rings. The van der Waals surface area contributed by atoms with Gasteiger partial charge in [0.1, 0.15) is 11.4 Å². The van der Waals surface area contributed by atoms with Gasteiger partial charge in [0.05, 0.1) is 11.9 Å². The van der Waals surface area contributed by atoms with Crippen LogP contribution in [-0.2, 0) is 9.53 Å². The van der Waals surface area contributed by atoms with Crippen LogP contribution in [0.5, 0.6) is 0 Å². The number of carbonyl (C=O) groups excluding carboxylic acids is 2. The Bertz CT molecular complexity index is 468. The third-order valence-electron chi connectivity index (χ3n) is 2.75. The molecule has 0 bridgehead atoms. The number of amides is 1. The van der Waals surface area contributed by atoms with Crippen LogP contribution in [0.25, 0.3) is 0 Å². The highest BCUT2D eigenvalue weighted by atomic mass is 35.5. The van der Waals surface area contributed by atoms with E-state index in [-0.39, 0.29) is 17.7 Å². The van der Waals surface area contributed by atoms with Gasteiger partial charge in [0, 0.05) is 6.42 Å². The first kappa shape index (κ1) is 17.5. The van der Waals surface area contributed by atoms with Gasteiger partial charge in [-0.05, 0) is 32.8 Å². The van der Waals surface area contributed by atoms with Crippen molar-refractivity contribution in [1.29, 1.82) is 0 Å². The fraction of sp³-hybridized carbons (Fsp3) is 0.500. The van der Waals surface area contributed by atoms with E-state index >= 15 is 0 Å². The lowest BCUT2D eigenvalue weighted by Gasteiger charge is -2.24. The number of nitrogens with one attached hydrogen (secondary N) is 1. The molecule has 0 spiro atoms. The van der Waals surface area contributed by atoms with Gasteiger partial charge >= 0.3 is 6.09 Å². The molecule has 1 unspecified atom stereocenters. The molecule has 0 aliphatic rings. The van der Waals surface area contributed by atoms with E-state index in [1.807, 2.05) is 30.3 Å². The second-order valence-electron chi connectivity index (χ2n) is 5.82. The Morgan fingerprint density at radius 2 is 1.86 bits per heavy atom. The van der Waals surface area contributed by atoms with Crippen LogP contribution in [0.3, 0.4) is 0 Å². The fourth-order valence-corrected chi connectivity index (χ4v) is 1.96. The highest BCUT2D eigenvalue weighted by molar-refractivity contribution is 6.27. The lowest BCUT2D eigenvalue weighted by Crippen LogP contribution is -2.35. The molecule has 1 amide bonds. The monoisotopic (exact) mass is 311 g/mol. The summed E-state index contributed by atoms with van der Waals surface area (Å²) in [6.07, 6.45) is 0.322. The average molecular weight is 312 g/mol. The summed E-state index contributed by atoms with van der Waals surface area (Å²) in [4.78, 5) is 23.3. The molecule has 1 atom stereocenters. The van der Waals surface area contributed by atoms with E-state index in [4.69, 9.17) is 16.3 Å². The van der Waals surface area contributed by atoms with Crippen LogP contribution in [0.2, 0.25) is 0 Å². The van der Waals surface area contributed by atoms with Gasteiger partial charge in [-0.3, -0.25) is 4.79 Å². The molecule has 21 heavy (non-hydrogen) atoms. The van der Waals surface area contributed by atoms with Gasteiger partial charge in [-0.15, -0.1) is 11.6 Å². The summed E-state index contributed by atoms with van der Waals surface area (Å²) in [6.45, 7) is 5.42. The number of Topliss-reactive ketones (excluding diaryl/α,β-unsaturated/α-hetero) is 1. The minimum atomic E-state index is -0.558. The first-order valence-corrected chi connectivity index (χ1v) is 7.47. The molecule has 0 aromatic heterocycles. The van der Waals surface area contributed by atoms with Gasteiger partial charge < -0.3 is 10.1 Å². The predicted octanol–water partition coefficient (Wildman–Crippen LogP) is 3.84. The third-order valence-corrected chi connectivity index (χ3v) is 3.05. The van der Waals surface area contributed by atoms with Gasteiger partial charge in [0.2, 0.25) is 0 Å². The summed E-state index contributed by atoms with van der Waals surface area (Å²) < 4.78 is 5.26. The summed E-state index contributed by atoms with van der Waals surface area (Å²) >= 11 is 5.51. The largest absolute Gasteiger partial charge is 0.444 e. The third kappa shape index (κ3) is 7.14. The van der Waals surface area contributed by atoms with Crippen molar-refractivity contribution in [3.8, 4) is 0 Å². The number of ketones is 1. The van der Waals surface area contributed by atoms with Crippen molar-refractivity contribution in [2.24, 2.45) is 0 Å².